The van der Waals surface area contributed by atoms with Gasteiger partial charge in [-0.05, 0) is 72.9 Å². The van der Waals surface area contributed by atoms with Crippen molar-refractivity contribution in [1.29, 1.82) is 0 Å². The van der Waals surface area contributed by atoms with Crippen molar-refractivity contribution in [1.82, 2.24) is 0 Å². The Morgan fingerprint density at radius 2 is 1.66 bits per heavy atom. The zero-order valence-corrected chi connectivity index (χ0v) is 20.7. The van der Waals surface area contributed by atoms with Crippen molar-refractivity contribution in [3.8, 4) is 0 Å². The van der Waals surface area contributed by atoms with Gasteiger partial charge < -0.3 is 9.47 Å². The first kappa shape index (κ1) is 25.6. The highest BCUT2D eigenvalue weighted by molar-refractivity contribution is 6.13. The first-order valence-electron chi connectivity index (χ1n) is 11.0. The number of amides is 1. The van der Waals surface area contributed by atoms with E-state index in [1.54, 1.807) is 59.7 Å². The highest BCUT2D eigenvalue weighted by Crippen LogP contribution is 2.30. The van der Waals surface area contributed by atoms with E-state index in [9.17, 15) is 14.4 Å². The monoisotopic (exact) mass is 444 g/mol. The van der Waals surface area contributed by atoms with E-state index in [0.29, 0.717) is 28.9 Å². The second-order valence-electron chi connectivity index (χ2n) is 10.6. The van der Waals surface area contributed by atoms with Crippen molar-refractivity contribution in [2.45, 2.75) is 86.0 Å². The fraction of sp³-hybridized carbons (Fsp3) is 0.600. The van der Waals surface area contributed by atoms with Crippen LogP contribution in [0.3, 0.4) is 0 Å². The summed E-state index contributed by atoms with van der Waals surface area (Å²) in [7, 11) is 0. The summed E-state index contributed by atoms with van der Waals surface area (Å²) in [5.41, 5.74) is 0.793. The molecule has 0 aliphatic carbocycles. The van der Waals surface area contributed by atoms with E-state index in [2.05, 4.69) is 4.99 Å². The molecule has 0 aromatic heterocycles. The maximum Gasteiger partial charge on any atom is 0.338 e. The van der Waals surface area contributed by atoms with Gasteiger partial charge in [0.2, 0.25) is 0 Å². The molecule has 1 amide bonds. The van der Waals surface area contributed by atoms with Crippen molar-refractivity contribution in [2.24, 2.45) is 10.9 Å². The van der Waals surface area contributed by atoms with E-state index in [0.717, 1.165) is 0 Å². The van der Waals surface area contributed by atoms with Crippen LogP contribution in [0.1, 0.15) is 84.7 Å². The van der Waals surface area contributed by atoms with Crippen molar-refractivity contribution in [3.63, 3.8) is 0 Å². The molecule has 0 radical (unpaired) electrons. The Bertz CT molecular complexity index is 919. The minimum atomic E-state index is -0.684. The number of anilines is 1. The summed E-state index contributed by atoms with van der Waals surface area (Å²) in [6.45, 7) is 16.3. The summed E-state index contributed by atoms with van der Waals surface area (Å²) in [6, 6.07) is 4.39. The number of hydrogen-bond acceptors (Lipinski definition) is 6. The summed E-state index contributed by atoms with van der Waals surface area (Å²) in [5, 5.41) is 0. The van der Waals surface area contributed by atoms with Crippen LogP contribution in [0, 0.1) is 5.92 Å². The summed E-state index contributed by atoms with van der Waals surface area (Å²) in [5.74, 6) is -1.07. The molecule has 1 aliphatic heterocycles. The molecule has 1 aromatic carbocycles. The molecular formula is C25H36N2O5. The number of ether oxygens (including phenoxy) is 2. The first-order chi connectivity index (χ1) is 14.6. The lowest BCUT2D eigenvalue weighted by Gasteiger charge is -2.27. The van der Waals surface area contributed by atoms with Crippen molar-refractivity contribution >= 4 is 29.2 Å². The molecule has 1 heterocycles. The van der Waals surface area contributed by atoms with E-state index in [4.69, 9.17) is 9.47 Å². The maximum absolute atomic E-state index is 13.5. The Hall–Kier alpha value is -2.70. The van der Waals surface area contributed by atoms with Crippen molar-refractivity contribution in [2.75, 3.05) is 11.4 Å². The van der Waals surface area contributed by atoms with Crippen LogP contribution in [-0.4, -0.2) is 47.3 Å². The van der Waals surface area contributed by atoms with E-state index in [1.165, 1.54) is 4.90 Å². The van der Waals surface area contributed by atoms with E-state index < -0.39 is 29.2 Å². The number of fused-ring (bicyclic) bond motifs is 1. The third-order valence-electron chi connectivity index (χ3n) is 4.62. The number of benzene rings is 1. The third-order valence-corrected chi connectivity index (χ3v) is 4.62. The predicted molar refractivity (Wildman–Crippen MR) is 125 cm³/mol. The highest BCUT2D eigenvalue weighted by Gasteiger charge is 2.34. The molecule has 7 heteroatoms. The van der Waals surface area contributed by atoms with Crippen LogP contribution in [-0.2, 0) is 19.1 Å². The maximum atomic E-state index is 13.5. The normalized spacial score (nSPS) is 16.9. The molecule has 0 spiro atoms. The van der Waals surface area contributed by atoms with Gasteiger partial charge in [-0.15, -0.1) is 0 Å². The van der Waals surface area contributed by atoms with Crippen LogP contribution in [0.15, 0.2) is 23.2 Å². The molecule has 0 saturated carbocycles. The number of benzodiazepines with no additional fused rings is 1. The lowest BCUT2D eigenvalue weighted by Crippen LogP contribution is -2.43. The fourth-order valence-corrected chi connectivity index (χ4v) is 3.45. The van der Waals surface area contributed by atoms with E-state index in [-0.39, 0.29) is 18.4 Å². The van der Waals surface area contributed by atoms with Gasteiger partial charge in [0, 0.05) is 11.3 Å². The van der Waals surface area contributed by atoms with Gasteiger partial charge in [0.05, 0.1) is 11.3 Å². The van der Waals surface area contributed by atoms with Crippen LogP contribution in [0.25, 0.3) is 0 Å². The second-order valence-corrected chi connectivity index (χ2v) is 10.6. The number of carbonyl (C=O) groups excluding carboxylic acids is 3. The molecule has 1 aromatic rings. The highest BCUT2D eigenvalue weighted by atomic mass is 16.6. The van der Waals surface area contributed by atoms with Gasteiger partial charge in [-0.2, -0.15) is 0 Å². The van der Waals surface area contributed by atoms with Crippen LogP contribution in [0.5, 0.6) is 0 Å². The van der Waals surface area contributed by atoms with Crippen molar-refractivity contribution < 1.29 is 23.9 Å². The third kappa shape index (κ3) is 6.90. The average Bonchev–Trinajstić information content (AvgIpc) is 2.69. The van der Waals surface area contributed by atoms with Gasteiger partial charge in [0.15, 0.2) is 0 Å². The number of carbonyl (C=O) groups is 3. The Morgan fingerprint density at radius 1 is 1.06 bits per heavy atom. The number of esters is 2. The largest absolute Gasteiger partial charge is 0.459 e. The van der Waals surface area contributed by atoms with E-state index in [1.807, 2.05) is 20.8 Å². The molecular weight excluding hydrogens is 408 g/mol. The minimum absolute atomic E-state index is 0.238. The summed E-state index contributed by atoms with van der Waals surface area (Å²) in [6.07, 6.45) is 0.550. The fourth-order valence-electron chi connectivity index (χ4n) is 3.45. The zero-order valence-electron chi connectivity index (χ0n) is 20.7. The standard InChI is InChI=1S/C25H36N2O5/c1-15(2)12-19-22(29)27(14-21(28)31-24(4,5)6)20-13-17(23(30)32-25(7,8)9)10-11-18(20)16(3)26-19/h10-11,13,15,19H,12,14H2,1-9H3/t19-/m1/s1. The van der Waals surface area contributed by atoms with Crippen LogP contribution in [0.4, 0.5) is 5.69 Å². The molecule has 32 heavy (non-hydrogen) atoms. The smallest absolute Gasteiger partial charge is 0.338 e. The molecule has 1 atom stereocenters. The quantitative estimate of drug-likeness (QED) is 0.622. The Kier molecular flexibility index (Phi) is 7.53. The van der Waals surface area contributed by atoms with E-state index >= 15 is 0 Å². The van der Waals surface area contributed by atoms with Gasteiger partial charge >= 0.3 is 11.9 Å². The molecule has 2 rings (SSSR count). The van der Waals surface area contributed by atoms with Gasteiger partial charge in [-0.25, -0.2) is 4.79 Å². The molecule has 7 nitrogen and oxygen atoms in total. The molecule has 0 bridgehead atoms. The number of hydrogen-bond donors (Lipinski definition) is 0. The zero-order chi connectivity index (χ0) is 24.4. The summed E-state index contributed by atoms with van der Waals surface area (Å²) >= 11 is 0. The van der Waals surface area contributed by atoms with Crippen LogP contribution < -0.4 is 4.90 Å². The van der Waals surface area contributed by atoms with Gasteiger partial charge in [-0.1, -0.05) is 19.9 Å². The Balaban J connectivity index is 2.54. The van der Waals surface area contributed by atoms with Crippen LogP contribution >= 0.6 is 0 Å². The minimum Gasteiger partial charge on any atom is -0.459 e. The second kappa shape index (κ2) is 9.43. The number of rotatable bonds is 5. The summed E-state index contributed by atoms with van der Waals surface area (Å²) in [4.78, 5) is 44.9. The predicted octanol–water partition coefficient (Wildman–Crippen LogP) is 4.55. The van der Waals surface area contributed by atoms with Gasteiger partial charge in [0.25, 0.3) is 5.91 Å². The average molecular weight is 445 g/mol. The topological polar surface area (TPSA) is 85.3 Å². The molecule has 176 valence electrons. The SMILES string of the molecule is CC1=N[C@H](CC(C)C)C(=O)N(CC(=O)OC(C)(C)C)c2cc(C(=O)OC(C)(C)C)ccc21. The molecule has 1 aliphatic rings. The van der Waals surface area contributed by atoms with Gasteiger partial charge in [-0.3, -0.25) is 19.5 Å². The van der Waals surface area contributed by atoms with Gasteiger partial charge in [0.1, 0.15) is 23.8 Å². The Labute approximate surface area is 191 Å². The first-order valence-corrected chi connectivity index (χ1v) is 11.0. The van der Waals surface area contributed by atoms with Crippen LogP contribution in [0.2, 0.25) is 0 Å². The number of aliphatic imine (C=N–C) groups is 1. The molecule has 0 saturated heterocycles. The lowest BCUT2D eigenvalue weighted by atomic mass is 10.0. The number of nitrogens with zero attached hydrogens (tertiary/aromatic N) is 2. The lowest BCUT2D eigenvalue weighted by molar-refractivity contribution is -0.153. The molecule has 0 fully saturated rings. The molecule has 0 N–H and O–H groups in total. The Morgan fingerprint density at radius 3 is 2.19 bits per heavy atom. The summed E-state index contributed by atoms with van der Waals surface area (Å²) < 4.78 is 11.0. The molecule has 0 unspecified atom stereocenters. The van der Waals surface area contributed by atoms with Crippen molar-refractivity contribution in [3.05, 3.63) is 29.3 Å².